The van der Waals surface area contributed by atoms with Crippen LogP contribution in [0.1, 0.15) is 21.7 Å². The number of hydrogen-bond acceptors (Lipinski definition) is 4. The van der Waals surface area contributed by atoms with Crippen LogP contribution in [0.25, 0.3) is 5.65 Å². The molecule has 2 aromatic rings. The Balaban J connectivity index is 1.66. The molecule has 1 aliphatic rings. The third kappa shape index (κ3) is 3.13. The Morgan fingerprint density at radius 2 is 2.09 bits per heavy atom. The molecule has 22 heavy (non-hydrogen) atoms. The number of carbonyl (C=O) groups is 1. The molecule has 1 saturated heterocycles. The standard InChI is InChI=1S/C16H22N4O2/c1-12-3-4-14-18-13(2)15(20(14)11-12)16(21)17-5-6-19-7-9-22-10-8-19/h3-4,11H,5-10H2,1-2H3,(H,17,21). The van der Waals surface area contributed by atoms with Crippen molar-refractivity contribution in [2.45, 2.75) is 13.8 Å². The lowest BCUT2D eigenvalue weighted by molar-refractivity contribution is 0.0383. The zero-order valence-corrected chi connectivity index (χ0v) is 13.1. The van der Waals surface area contributed by atoms with E-state index in [0.29, 0.717) is 12.2 Å². The van der Waals surface area contributed by atoms with Crippen LogP contribution in [0, 0.1) is 13.8 Å². The van der Waals surface area contributed by atoms with E-state index < -0.39 is 0 Å². The van der Waals surface area contributed by atoms with Gasteiger partial charge in [-0.05, 0) is 25.5 Å². The van der Waals surface area contributed by atoms with E-state index >= 15 is 0 Å². The van der Waals surface area contributed by atoms with Crippen molar-refractivity contribution in [1.82, 2.24) is 19.6 Å². The van der Waals surface area contributed by atoms with Gasteiger partial charge in [-0.3, -0.25) is 14.1 Å². The number of nitrogens with zero attached hydrogens (tertiary/aromatic N) is 3. The number of ether oxygens (including phenoxy) is 1. The number of imidazole rings is 1. The Bertz CT molecular complexity index is 674. The first-order valence-corrected chi connectivity index (χ1v) is 7.69. The molecule has 1 amide bonds. The van der Waals surface area contributed by atoms with E-state index in [1.165, 1.54) is 0 Å². The zero-order valence-electron chi connectivity index (χ0n) is 13.1. The van der Waals surface area contributed by atoms with Gasteiger partial charge in [-0.1, -0.05) is 6.07 Å². The summed E-state index contributed by atoms with van der Waals surface area (Å²) in [7, 11) is 0. The Morgan fingerprint density at radius 1 is 1.32 bits per heavy atom. The Hall–Kier alpha value is -1.92. The Morgan fingerprint density at radius 3 is 2.86 bits per heavy atom. The van der Waals surface area contributed by atoms with Gasteiger partial charge in [0.2, 0.25) is 0 Å². The highest BCUT2D eigenvalue weighted by atomic mass is 16.5. The lowest BCUT2D eigenvalue weighted by atomic mass is 10.3. The molecule has 2 aromatic heterocycles. The number of rotatable bonds is 4. The summed E-state index contributed by atoms with van der Waals surface area (Å²) in [4.78, 5) is 19.2. The molecule has 0 saturated carbocycles. The predicted octanol–water partition coefficient (Wildman–Crippen LogP) is 1.01. The first-order valence-electron chi connectivity index (χ1n) is 7.69. The molecule has 0 unspecified atom stereocenters. The third-order valence-electron chi connectivity index (χ3n) is 3.97. The van der Waals surface area contributed by atoms with Crippen LogP contribution in [-0.2, 0) is 4.74 Å². The van der Waals surface area contributed by atoms with Gasteiger partial charge in [0.1, 0.15) is 11.3 Å². The molecule has 0 spiro atoms. The molecule has 0 atom stereocenters. The van der Waals surface area contributed by atoms with Crippen LogP contribution in [0.15, 0.2) is 18.3 Å². The topological polar surface area (TPSA) is 58.9 Å². The lowest BCUT2D eigenvalue weighted by Crippen LogP contribution is -2.41. The van der Waals surface area contributed by atoms with E-state index in [2.05, 4.69) is 15.2 Å². The van der Waals surface area contributed by atoms with E-state index in [4.69, 9.17) is 4.74 Å². The highest BCUT2D eigenvalue weighted by Crippen LogP contribution is 2.13. The van der Waals surface area contributed by atoms with E-state index in [-0.39, 0.29) is 5.91 Å². The summed E-state index contributed by atoms with van der Waals surface area (Å²) >= 11 is 0. The molecule has 3 rings (SSSR count). The average Bonchev–Trinajstić information content (AvgIpc) is 2.83. The van der Waals surface area contributed by atoms with Gasteiger partial charge in [0.25, 0.3) is 5.91 Å². The van der Waals surface area contributed by atoms with Crippen molar-refractivity contribution in [3.05, 3.63) is 35.3 Å². The van der Waals surface area contributed by atoms with Crippen molar-refractivity contribution in [3.8, 4) is 0 Å². The third-order valence-corrected chi connectivity index (χ3v) is 3.97. The van der Waals surface area contributed by atoms with Gasteiger partial charge in [-0.15, -0.1) is 0 Å². The number of morpholine rings is 1. The maximum Gasteiger partial charge on any atom is 0.270 e. The van der Waals surface area contributed by atoms with Crippen molar-refractivity contribution in [1.29, 1.82) is 0 Å². The molecule has 0 aromatic carbocycles. The SMILES string of the molecule is Cc1ccc2nc(C)c(C(=O)NCCN3CCOCC3)n2c1. The van der Waals surface area contributed by atoms with E-state index in [0.717, 1.165) is 49.8 Å². The van der Waals surface area contributed by atoms with E-state index in [1.807, 2.05) is 36.6 Å². The lowest BCUT2D eigenvalue weighted by Gasteiger charge is -2.26. The number of carbonyl (C=O) groups excluding carboxylic acids is 1. The van der Waals surface area contributed by atoms with E-state index in [1.54, 1.807) is 0 Å². The second-order valence-electron chi connectivity index (χ2n) is 5.69. The minimum atomic E-state index is -0.0659. The van der Waals surface area contributed by atoms with Crippen LogP contribution >= 0.6 is 0 Å². The molecule has 0 aliphatic carbocycles. The number of aryl methyl sites for hydroxylation is 2. The van der Waals surface area contributed by atoms with Crippen molar-refractivity contribution in [3.63, 3.8) is 0 Å². The summed E-state index contributed by atoms with van der Waals surface area (Å²) in [6, 6.07) is 3.94. The van der Waals surface area contributed by atoms with Gasteiger partial charge in [-0.2, -0.15) is 0 Å². The molecule has 1 aliphatic heterocycles. The minimum absolute atomic E-state index is 0.0659. The van der Waals surface area contributed by atoms with Gasteiger partial charge in [0.05, 0.1) is 18.9 Å². The first-order chi connectivity index (χ1) is 10.6. The van der Waals surface area contributed by atoms with Crippen LogP contribution in [0.5, 0.6) is 0 Å². The van der Waals surface area contributed by atoms with E-state index in [9.17, 15) is 4.79 Å². The second-order valence-corrected chi connectivity index (χ2v) is 5.69. The van der Waals surface area contributed by atoms with Gasteiger partial charge >= 0.3 is 0 Å². The zero-order chi connectivity index (χ0) is 15.5. The predicted molar refractivity (Wildman–Crippen MR) is 84.3 cm³/mol. The van der Waals surface area contributed by atoms with Gasteiger partial charge in [0, 0.05) is 32.4 Å². The molecule has 6 nitrogen and oxygen atoms in total. The molecule has 1 fully saturated rings. The average molecular weight is 302 g/mol. The summed E-state index contributed by atoms with van der Waals surface area (Å²) in [5.74, 6) is -0.0659. The van der Waals surface area contributed by atoms with Crippen molar-refractivity contribution in [2.24, 2.45) is 0 Å². The molecule has 0 radical (unpaired) electrons. The number of aromatic nitrogens is 2. The molecule has 3 heterocycles. The molecule has 1 N–H and O–H groups in total. The van der Waals surface area contributed by atoms with Gasteiger partial charge in [-0.25, -0.2) is 4.98 Å². The highest BCUT2D eigenvalue weighted by Gasteiger charge is 2.17. The normalized spacial score (nSPS) is 16.1. The molecular weight excluding hydrogens is 280 g/mol. The monoisotopic (exact) mass is 302 g/mol. The maximum absolute atomic E-state index is 12.5. The number of amides is 1. The fourth-order valence-electron chi connectivity index (χ4n) is 2.78. The maximum atomic E-state index is 12.5. The van der Waals surface area contributed by atoms with Crippen LogP contribution in [0.2, 0.25) is 0 Å². The quantitative estimate of drug-likeness (QED) is 0.916. The fraction of sp³-hybridized carbons (Fsp3) is 0.500. The molecular formula is C16H22N4O2. The van der Waals surface area contributed by atoms with Crippen molar-refractivity contribution in [2.75, 3.05) is 39.4 Å². The second kappa shape index (κ2) is 6.46. The number of nitrogens with one attached hydrogen (secondary N) is 1. The summed E-state index contributed by atoms with van der Waals surface area (Å²) in [5, 5.41) is 3.00. The highest BCUT2D eigenvalue weighted by molar-refractivity contribution is 5.94. The van der Waals surface area contributed by atoms with Crippen LogP contribution in [-0.4, -0.2) is 59.6 Å². The largest absolute Gasteiger partial charge is 0.379 e. The molecule has 0 bridgehead atoms. The summed E-state index contributed by atoms with van der Waals surface area (Å²) < 4.78 is 7.19. The van der Waals surface area contributed by atoms with Crippen molar-refractivity contribution < 1.29 is 9.53 Å². The molecule has 6 heteroatoms. The Labute approximate surface area is 130 Å². The summed E-state index contributed by atoms with van der Waals surface area (Å²) in [6.45, 7) is 8.79. The number of pyridine rings is 1. The Kier molecular flexibility index (Phi) is 4.40. The van der Waals surface area contributed by atoms with Gasteiger partial charge in [0.15, 0.2) is 0 Å². The number of fused-ring (bicyclic) bond motifs is 1. The number of hydrogen-bond donors (Lipinski definition) is 1. The summed E-state index contributed by atoms with van der Waals surface area (Å²) in [5.41, 5.74) is 3.30. The smallest absolute Gasteiger partial charge is 0.270 e. The first kappa shape index (κ1) is 15.0. The van der Waals surface area contributed by atoms with Crippen LogP contribution in [0.4, 0.5) is 0 Å². The summed E-state index contributed by atoms with van der Waals surface area (Å²) in [6.07, 6.45) is 1.95. The van der Waals surface area contributed by atoms with Gasteiger partial charge < -0.3 is 10.1 Å². The molecule has 118 valence electrons. The fourth-order valence-corrected chi connectivity index (χ4v) is 2.78. The van der Waals surface area contributed by atoms with Crippen LogP contribution in [0.3, 0.4) is 0 Å². The van der Waals surface area contributed by atoms with Crippen molar-refractivity contribution >= 4 is 11.6 Å². The van der Waals surface area contributed by atoms with Crippen LogP contribution < -0.4 is 5.32 Å². The minimum Gasteiger partial charge on any atom is -0.379 e.